The molecule has 1 aliphatic carbocycles. The molecule has 3 rings (SSSR count). The number of nitrogen functional groups attached to an aromatic ring is 1. The van der Waals surface area contributed by atoms with Crippen molar-refractivity contribution in [1.29, 1.82) is 0 Å². The van der Waals surface area contributed by atoms with Gasteiger partial charge in [0.25, 0.3) is 0 Å². The number of nitrogens with zero attached hydrogens (tertiary/aromatic N) is 1. The largest absolute Gasteiger partial charge is 0.478 e. The topological polar surface area (TPSA) is 160 Å². The van der Waals surface area contributed by atoms with E-state index in [1.54, 1.807) is 0 Å². The fraction of sp³-hybridized carbons (Fsp3) is 0.417. The van der Waals surface area contributed by atoms with Crippen LogP contribution in [0.2, 0.25) is 0 Å². The lowest BCUT2D eigenvalue weighted by molar-refractivity contribution is -0.125. The molecule has 2 atom stereocenters. The molecule has 0 unspecified atom stereocenters. The average molecular weight is 454 g/mol. The van der Waals surface area contributed by atoms with Crippen molar-refractivity contribution in [2.24, 2.45) is 11.7 Å². The minimum Gasteiger partial charge on any atom is -0.478 e. The van der Waals surface area contributed by atoms with Crippen LogP contribution in [0, 0.1) is 12.8 Å². The maximum absolute atomic E-state index is 13.0. The van der Waals surface area contributed by atoms with Crippen LogP contribution in [0.1, 0.15) is 66.1 Å². The molecule has 1 aliphatic rings. The highest BCUT2D eigenvalue weighted by molar-refractivity contribution is 6.01. The molecule has 0 radical (unpaired) electrons. The smallest absolute Gasteiger partial charge is 0.339 e. The molecule has 9 nitrogen and oxygen atoms in total. The molecule has 176 valence electrons. The highest BCUT2D eigenvalue weighted by atomic mass is 16.4. The van der Waals surface area contributed by atoms with Gasteiger partial charge >= 0.3 is 5.97 Å². The lowest BCUT2D eigenvalue weighted by Crippen LogP contribution is -2.47. The second-order valence-corrected chi connectivity index (χ2v) is 8.60. The first-order valence-electron chi connectivity index (χ1n) is 11.2. The van der Waals surface area contributed by atoms with Gasteiger partial charge in [0.2, 0.25) is 11.8 Å². The van der Waals surface area contributed by atoms with E-state index in [9.17, 15) is 19.5 Å². The number of benzene rings is 1. The fourth-order valence-electron chi connectivity index (χ4n) is 4.24. The van der Waals surface area contributed by atoms with E-state index in [4.69, 9.17) is 11.5 Å². The van der Waals surface area contributed by atoms with Crippen LogP contribution in [0.4, 0.5) is 11.4 Å². The number of aryl methyl sites for hydroxylation is 1. The van der Waals surface area contributed by atoms with Crippen molar-refractivity contribution >= 4 is 29.2 Å². The van der Waals surface area contributed by atoms with Crippen molar-refractivity contribution in [1.82, 2.24) is 10.3 Å². The molecule has 1 aromatic heterocycles. The monoisotopic (exact) mass is 453 g/mol. The normalized spacial score (nSPS) is 15.9. The highest BCUT2D eigenvalue weighted by Crippen LogP contribution is 2.27. The Kier molecular flexibility index (Phi) is 8.00. The molecular formula is C24H31N5O4. The molecule has 33 heavy (non-hydrogen) atoms. The van der Waals surface area contributed by atoms with Crippen LogP contribution >= 0.6 is 0 Å². The number of hydrogen-bond donors (Lipinski definition) is 5. The Morgan fingerprint density at radius 1 is 1.18 bits per heavy atom. The number of carbonyl (C=O) groups is 3. The summed E-state index contributed by atoms with van der Waals surface area (Å²) in [4.78, 5) is 40.9. The number of amides is 2. The lowest BCUT2D eigenvalue weighted by Gasteiger charge is -2.28. The molecule has 0 aliphatic heterocycles. The summed E-state index contributed by atoms with van der Waals surface area (Å²) in [6.07, 6.45) is 7.49. The van der Waals surface area contributed by atoms with E-state index in [1.807, 2.05) is 31.2 Å². The van der Waals surface area contributed by atoms with Crippen LogP contribution < -0.4 is 22.1 Å². The van der Waals surface area contributed by atoms with Gasteiger partial charge < -0.3 is 27.2 Å². The first kappa shape index (κ1) is 24.2. The molecule has 9 heteroatoms. The van der Waals surface area contributed by atoms with Gasteiger partial charge in [0.05, 0.1) is 36.1 Å². The molecule has 7 N–H and O–H groups in total. The second-order valence-electron chi connectivity index (χ2n) is 8.60. The SMILES string of the molecule is Cc1cccc([C@@H](CC(=O)Nc2cncc(C(=O)O)c2N)NC(=O)[C@@H](N)C2CCCCC2)c1. The molecule has 1 saturated carbocycles. The Hall–Kier alpha value is -3.46. The number of carbonyl (C=O) groups excluding carboxylic acids is 2. The van der Waals surface area contributed by atoms with Gasteiger partial charge in [-0.15, -0.1) is 0 Å². The molecule has 0 spiro atoms. The zero-order valence-electron chi connectivity index (χ0n) is 18.7. The quantitative estimate of drug-likeness (QED) is 0.411. The summed E-state index contributed by atoms with van der Waals surface area (Å²) < 4.78 is 0. The number of aromatic carboxylic acids is 1. The summed E-state index contributed by atoms with van der Waals surface area (Å²) in [5, 5.41) is 14.8. The number of nitrogens with one attached hydrogen (secondary N) is 2. The van der Waals surface area contributed by atoms with Crippen LogP contribution in [-0.2, 0) is 9.59 Å². The standard InChI is InChI=1S/C24H31N5O4/c1-14-6-5-9-16(10-14)18(29-23(31)21(25)15-7-3-2-4-8-15)11-20(30)28-19-13-27-12-17(22(19)26)24(32)33/h5-6,9-10,12-13,15,18,21H,2-4,7-8,11,25H2,1H3,(H2,26,27)(H,28,30)(H,29,31)(H,32,33)/t18-,21+/m1/s1. The van der Waals surface area contributed by atoms with Crippen LogP contribution in [0.5, 0.6) is 0 Å². The maximum Gasteiger partial charge on any atom is 0.339 e. The van der Waals surface area contributed by atoms with E-state index in [1.165, 1.54) is 6.20 Å². The van der Waals surface area contributed by atoms with Crippen LogP contribution in [0.25, 0.3) is 0 Å². The Morgan fingerprint density at radius 2 is 1.91 bits per heavy atom. The predicted octanol–water partition coefficient (Wildman–Crippen LogP) is 2.76. The summed E-state index contributed by atoms with van der Waals surface area (Å²) in [5.41, 5.74) is 13.7. The van der Waals surface area contributed by atoms with E-state index >= 15 is 0 Å². The van der Waals surface area contributed by atoms with E-state index < -0.39 is 24.0 Å². The van der Waals surface area contributed by atoms with Crippen LogP contribution in [0.15, 0.2) is 36.7 Å². The Labute approximate surface area is 193 Å². The van der Waals surface area contributed by atoms with Crippen molar-refractivity contribution in [3.8, 4) is 0 Å². The Morgan fingerprint density at radius 3 is 2.58 bits per heavy atom. The van der Waals surface area contributed by atoms with E-state index in [0.717, 1.165) is 49.4 Å². The number of pyridine rings is 1. The molecule has 0 bridgehead atoms. The van der Waals surface area contributed by atoms with Gasteiger partial charge in [-0.25, -0.2) is 4.79 Å². The number of anilines is 2. The number of hydrogen-bond acceptors (Lipinski definition) is 6. The highest BCUT2D eigenvalue weighted by Gasteiger charge is 2.29. The summed E-state index contributed by atoms with van der Waals surface area (Å²) in [7, 11) is 0. The second kappa shape index (κ2) is 10.9. The van der Waals surface area contributed by atoms with Gasteiger partial charge in [0.15, 0.2) is 0 Å². The number of nitrogens with two attached hydrogens (primary N) is 2. The van der Waals surface area contributed by atoms with Gasteiger partial charge in [-0.05, 0) is 31.2 Å². The van der Waals surface area contributed by atoms with Gasteiger partial charge in [0.1, 0.15) is 5.56 Å². The lowest BCUT2D eigenvalue weighted by atomic mass is 9.84. The zero-order valence-corrected chi connectivity index (χ0v) is 18.7. The molecule has 1 aromatic carbocycles. The van der Waals surface area contributed by atoms with Gasteiger partial charge in [-0.2, -0.15) is 0 Å². The third kappa shape index (κ3) is 6.29. The van der Waals surface area contributed by atoms with Crippen molar-refractivity contribution in [2.45, 2.75) is 57.5 Å². The Balaban J connectivity index is 1.76. The van der Waals surface area contributed by atoms with Crippen molar-refractivity contribution < 1.29 is 19.5 Å². The minimum absolute atomic E-state index is 0.0800. The van der Waals surface area contributed by atoms with Gasteiger partial charge in [-0.3, -0.25) is 14.6 Å². The molecule has 1 fully saturated rings. The number of aromatic nitrogens is 1. The molecule has 0 saturated heterocycles. The third-order valence-corrected chi connectivity index (χ3v) is 6.10. The van der Waals surface area contributed by atoms with Gasteiger partial charge in [0, 0.05) is 6.20 Å². The minimum atomic E-state index is -1.24. The van der Waals surface area contributed by atoms with E-state index in [0.29, 0.717) is 0 Å². The summed E-state index contributed by atoms with van der Waals surface area (Å²) >= 11 is 0. The van der Waals surface area contributed by atoms with Crippen LogP contribution in [0.3, 0.4) is 0 Å². The summed E-state index contributed by atoms with van der Waals surface area (Å²) in [6.45, 7) is 1.93. The van der Waals surface area contributed by atoms with E-state index in [-0.39, 0.29) is 35.2 Å². The first-order chi connectivity index (χ1) is 15.8. The van der Waals surface area contributed by atoms with Gasteiger partial charge in [-0.1, -0.05) is 49.1 Å². The first-order valence-corrected chi connectivity index (χ1v) is 11.2. The molecular weight excluding hydrogens is 422 g/mol. The Bertz CT molecular complexity index is 1020. The zero-order chi connectivity index (χ0) is 24.0. The van der Waals surface area contributed by atoms with Crippen molar-refractivity contribution in [3.05, 3.63) is 53.3 Å². The maximum atomic E-state index is 13.0. The number of rotatable bonds is 8. The fourth-order valence-corrected chi connectivity index (χ4v) is 4.24. The van der Waals surface area contributed by atoms with Crippen molar-refractivity contribution in [2.75, 3.05) is 11.1 Å². The predicted molar refractivity (Wildman–Crippen MR) is 125 cm³/mol. The number of carboxylic acids is 1. The van der Waals surface area contributed by atoms with Crippen molar-refractivity contribution in [3.63, 3.8) is 0 Å². The number of carboxylic acid groups (broad SMARTS) is 1. The molecule has 2 amide bonds. The van der Waals surface area contributed by atoms with E-state index in [2.05, 4.69) is 15.6 Å². The molecule has 1 heterocycles. The van der Waals surface area contributed by atoms with Crippen LogP contribution in [-0.4, -0.2) is 33.9 Å². The summed E-state index contributed by atoms with van der Waals surface area (Å²) in [5.74, 6) is -1.83. The third-order valence-electron chi connectivity index (χ3n) is 6.10. The molecule has 2 aromatic rings. The summed E-state index contributed by atoms with van der Waals surface area (Å²) in [6, 6.07) is 6.31. The average Bonchev–Trinajstić information content (AvgIpc) is 2.79.